The van der Waals surface area contributed by atoms with Crippen molar-refractivity contribution in [1.82, 2.24) is 10.2 Å². The van der Waals surface area contributed by atoms with Crippen LogP contribution in [0.3, 0.4) is 0 Å². The Bertz CT molecular complexity index is 1130. The van der Waals surface area contributed by atoms with Gasteiger partial charge in [0.25, 0.3) is 5.91 Å². The van der Waals surface area contributed by atoms with Crippen molar-refractivity contribution in [3.8, 4) is 5.75 Å². The molecular formula is C31H43N3O3. The van der Waals surface area contributed by atoms with Crippen LogP contribution in [0.1, 0.15) is 105 Å². The lowest BCUT2D eigenvalue weighted by atomic mass is 9.78. The first-order valence-electron chi connectivity index (χ1n) is 13.3. The second kappa shape index (κ2) is 10.7. The largest absolute Gasteiger partial charge is 0.507 e. The van der Waals surface area contributed by atoms with Gasteiger partial charge in [-0.2, -0.15) is 0 Å². The van der Waals surface area contributed by atoms with Crippen LogP contribution in [-0.2, 0) is 10.8 Å². The molecule has 200 valence electrons. The number of hydrogen-bond acceptors (Lipinski definition) is 4. The molecular weight excluding hydrogens is 462 g/mol. The third-order valence-corrected chi connectivity index (χ3v) is 7.36. The van der Waals surface area contributed by atoms with Gasteiger partial charge in [-0.25, -0.2) is 0 Å². The summed E-state index contributed by atoms with van der Waals surface area (Å²) in [7, 11) is 1.61. The summed E-state index contributed by atoms with van der Waals surface area (Å²) in [4.78, 5) is 27.5. The number of benzene rings is 2. The summed E-state index contributed by atoms with van der Waals surface area (Å²) in [6, 6.07) is 11.1. The maximum atomic E-state index is 13.6. The molecule has 0 aliphatic carbocycles. The van der Waals surface area contributed by atoms with Gasteiger partial charge in [-0.15, -0.1) is 0 Å². The molecule has 0 saturated carbocycles. The van der Waals surface area contributed by atoms with E-state index in [0.717, 1.165) is 29.5 Å². The molecule has 1 amide bonds. The van der Waals surface area contributed by atoms with Crippen LogP contribution >= 0.6 is 0 Å². The highest BCUT2D eigenvalue weighted by atomic mass is 16.3. The van der Waals surface area contributed by atoms with Gasteiger partial charge in [-0.05, 0) is 53.0 Å². The van der Waals surface area contributed by atoms with E-state index in [4.69, 9.17) is 5.41 Å². The molecule has 2 atom stereocenters. The highest BCUT2D eigenvalue weighted by Gasteiger charge is 2.39. The van der Waals surface area contributed by atoms with E-state index in [-0.39, 0.29) is 46.7 Å². The molecule has 1 heterocycles. The van der Waals surface area contributed by atoms with E-state index in [1.807, 2.05) is 70.7 Å². The fourth-order valence-electron chi connectivity index (χ4n) is 5.30. The van der Waals surface area contributed by atoms with Gasteiger partial charge in [0.05, 0.1) is 6.54 Å². The van der Waals surface area contributed by atoms with Crippen molar-refractivity contribution in [3.05, 3.63) is 64.2 Å². The molecule has 0 bridgehead atoms. The lowest BCUT2D eigenvalue weighted by Gasteiger charge is -2.28. The number of phenols is 1. The van der Waals surface area contributed by atoms with Crippen LogP contribution in [-0.4, -0.2) is 47.7 Å². The normalized spacial score (nSPS) is 18.3. The molecule has 1 aliphatic rings. The van der Waals surface area contributed by atoms with Crippen molar-refractivity contribution in [2.75, 3.05) is 20.1 Å². The van der Waals surface area contributed by atoms with Crippen molar-refractivity contribution in [2.24, 2.45) is 5.92 Å². The summed E-state index contributed by atoms with van der Waals surface area (Å²) in [5.41, 5.74) is 3.05. The Morgan fingerprint density at radius 2 is 1.54 bits per heavy atom. The summed E-state index contributed by atoms with van der Waals surface area (Å²) >= 11 is 0. The Hall–Kier alpha value is -3.15. The van der Waals surface area contributed by atoms with Gasteiger partial charge in [0, 0.05) is 41.8 Å². The summed E-state index contributed by atoms with van der Waals surface area (Å²) in [6.45, 7) is 15.1. The van der Waals surface area contributed by atoms with E-state index in [1.54, 1.807) is 19.2 Å². The number of nitrogens with one attached hydrogen (secondary N) is 2. The number of hydrogen-bond donors (Lipinski definition) is 3. The van der Waals surface area contributed by atoms with Gasteiger partial charge in [0.1, 0.15) is 11.6 Å². The molecule has 37 heavy (non-hydrogen) atoms. The summed E-state index contributed by atoms with van der Waals surface area (Å²) in [5.74, 6) is 0.641. The van der Waals surface area contributed by atoms with Crippen molar-refractivity contribution in [3.63, 3.8) is 0 Å². The highest BCUT2D eigenvalue weighted by molar-refractivity contribution is 6.01. The summed E-state index contributed by atoms with van der Waals surface area (Å²) in [5, 5.41) is 22.7. The number of carbonyl (C=O) groups excluding carboxylic acids is 2. The molecule has 3 rings (SSSR count). The zero-order chi connectivity index (χ0) is 27.7. The van der Waals surface area contributed by atoms with Gasteiger partial charge < -0.3 is 15.3 Å². The van der Waals surface area contributed by atoms with E-state index >= 15 is 0 Å². The first-order valence-corrected chi connectivity index (χ1v) is 13.3. The van der Waals surface area contributed by atoms with Crippen molar-refractivity contribution >= 4 is 17.5 Å². The van der Waals surface area contributed by atoms with Crippen LogP contribution in [0.5, 0.6) is 5.75 Å². The fourth-order valence-corrected chi connectivity index (χ4v) is 5.30. The van der Waals surface area contributed by atoms with E-state index in [1.165, 1.54) is 0 Å². The standard InChI is InChI=1S/C31H43N3O3/c1-9-10-21-17-34(28(32)26(21)19-11-13-20(14-12-19)29(37)33-8)18-25(35)22-15-23(30(2,3)4)27(36)24(16-22)31(5,6)7/h11-16,21,26,32,36H,9-10,17-18H2,1-8H3,(H,33,37). The second-order valence-electron chi connectivity index (χ2n) is 12.3. The second-order valence-corrected chi connectivity index (χ2v) is 12.3. The number of ketones is 1. The predicted octanol–water partition coefficient (Wildman–Crippen LogP) is 6.02. The molecule has 1 fully saturated rings. The number of nitrogens with zero attached hydrogens (tertiary/aromatic N) is 1. The molecule has 2 unspecified atom stereocenters. The molecule has 0 spiro atoms. The Kier molecular flexibility index (Phi) is 8.21. The Balaban J connectivity index is 1.91. The third-order valence-electron chi connectivity index (χ3n) is 7.36. The van der Waals surface area contributed by atoms with Gasteiger partial charge in [-0.1, -0.05) is 67.0 Å². The minimum Gasteiger partial charge on any atom is -0.507 e. The third kappa shape index (κ3) is 6.06. The summed E-state index contributed by atoms with van der Waals surface area (Å²) in [6.07, 6.45) is 1.95. The lowest BCUT2D eigenvalue weighted by Crippen LogP contribution is -2.32. The first-order chi connectivity index (χ1) is 17.2. The first kappa shape index (κ1) is 28.4. The summed E-state index contributed by atoms with van der Waals surface area (Å²) < 4.78 is 0. The van der Waals surface area contributed by atoms with Crippen molar-refractivity contribution in [2.45, 2.75) is 78.1 Å². The van der Waals surface area contributed by atoms with Crippen LogP contribution in [0, 0.1) is 11.3 Å². The molecule has 6 nitrogen and oxygen atoms in total. The van der Waals surface area contributed by atoms with E-state index < -0.39 is 0 Å². The fraction of sp³-hybridized carbons (Fsp3) is 0.516. The monoisotopic (exact) mass is 505 g/mol. The number of phenolic OH excluding ortho intramolecular Hbond substituents is 1. The van der Waals surface area contributed by atoms with Crippen LogP contribution in [0.25, 0.3) is 0 Å². The van der Waals surface area contributed by atoms with E-state index in [0.29, 0.717) is 23.5 Å². The van der Waals surface area contributed by atoms with Crippen LogP contribution in [0.15, 0.2) is 36.4 Å². The van der Waals surface area contributed by atoms with Gasteiger partial charge in [0.15, 0.2) is 5.78 Å². The number of amides is 1. The lowest BCUT2D eigenvalue weighted by molar-refractivity contribution is 0.0955. The van der Waals surface area contributed by atoms with Gasteiger partial charge in [-0.3, -0.25) is 15.0 Å². The van der Waals surface area contributed by atoms with Crippen molar-refractivity contribution < 1.29 is 14.7 Å². The van der Waals surface area contributed by atoms with Crippen molar-refractivity contribution in [1.29, 1.82) is 5.41 Å². The van der Waals surface area contributed by atoms with E-state index in [9.17, 15) is 14.7 Å². The Morgan fingerprint density at radius 3 is 2.00 bits per heavy atom. The number of carbonyl (C=O) groups is 2. The minimum atomic E-state index is -0.321. The Morgan fingerprint density at radius 1 is 1.00 bits per heavy atom. The van der Waals surface area contributed by atoms with Crippen LogP contribution in [0.2, 0.25) is 0 Å². The molecule has 2 aromatic carbocycles. The zero-order valence-corrected chi connectivity index (χ0v) is 23.7. The minimum absolute atomic E-state index is 0.0494. The van der Waals surface area contributed by atoms with Crippen LogP contribution < -0.4 is 5.32 Å². The molecule has 0 aromatic heterocycles. The van der Waals surface area contributed by atoms with Gasteiger partial charge >= 0.3 is 0 Å². The highest BCUT2D eigenvalue weighted by Crippen LogP contribution is 2.41. The average Bonchev–Trinajstić information content (AvgIpc) is 3.11. The maximum Gasteiger partial charge on any atom is 0.251 e. The molecule has 1 saturated heterocycles. The molecule has 6 heteroatoms. The number of Topliss-reactive ketones (excluding diaryl/α,β-unsaturated/α-hetero) is 1. The number of aromatic hydroxyl groups is 1. The maximum absolute atomic E-state index is 13.6. The number of likely N-dealkylation sites (tertiary alicyclic amines) is 1. The SMILES string of the molecule is CCCC1CN(CC(=O)c2cc(C(C)(C)C)c(O)c(C(C)(C)C)c2)C(=N)C1c1ccc(C(=O)NC)cc1. The average molecular weight is 506 g/mol. The quantitative estimate of drug-likeness (QED) is 0.401. The number of rotatable bonds is 7. The van der Waals surface area contributed by atoms with Crippen LogP contribution in [0.4, 0.5) is 0 Å². The Labute approximate surface area is 222 Å². The number of amidine groups is 1. The zero-order valence-electron chi connectivity index (χ0n) is 23.7. The van der Waals surface area contributed by atoms with E-state index in [2.05, 4.69) is 12.2 Å². The van der Waals surface area contributed by atoms with Gasteiger partial charge in [0.2, 0.25) is 0 Å². The topological polar surface area (TPSA) is 93.5 Å². The predicted molar refractivity (Wildman–Crippen MR) is 150 cm³/mol. The smallest absolute Gasteiger partial charge is 0.251 e. The molecule has 2 aromatic rings. The molecule has 1 aliphatic heterocycles. The molecule has 0 radical (unpaired) electrons. The molecule has 3 N–H and O–H groups in total.